The lowest BCUT2D eigenvalue weighted by atomic mass is 9.90. The van der Waals surface area contributed by atoms with Gasteiger partial charge in [-0.2, -0.15) is 0 Å². The number of rotatable bonds is 3. The van der Waals surface area contributed by atoms with E-state index in [1.165, 1.54) is 0 Å². The first-order valence-electron chi connectivity index (χ1n) is 6.64. The molecule has 2 fully saturated rings. The standard InChI is InChI=1S/C13H19N3O2/c14-10-7-11(8-10)18-13-12(15-3-4-16-13)9-1-5-17-6-2-9/h3-4,9-11H,1-2,5-8,14H2/t10-,11-. The van der Waals surface area contributed by atoms with Crippen molar-refractivity contribution in [3.63, 3.8) is 0 Å². The van der Waals surface area contributed by atoms with Crippen LogP contribution in [0.4, 0.5) is 0 Å². The van der Waals surface area contributed by atoms with Crippen molar-refractivity contribution in [3.05, 3.63) is 18.1 Å². The molecule has 1 aromatic rings. The molecule has 18 heavy (non-hydrogen) atoms. The van der Waals surface area contributed by atoms with E-state index in [1.54, 1.807) is 12.4 Å². The quantitative estimate of drug-likeness (QED) is 0.872. The average Bonchev–Trinajstić information content (AvgIpc) is 2.39. The van der Waals surface area contributed by atoms with Crippen molar-refractivity contribution in [1.82, 2.24) is 9.97 Å². The summed E-state index contributed by atoms with van der Waals surface area (Å²) in [5, 5.41) is 0. The first-order valence-corrected chi connectivity index (χ1v) is 6.64. The minimum atomic E-state index is 0.218. The van der Waals surface area contributed by atoms with Crippen LogP contribution in [0.2, 0.25) is 0 Å². The zero-order valence-electron chi connectivity index (χ0n) is 10.4. The van der Waals surface area contributed by atoms with Gasteiger partial charge < -0.3 is 15.2 Å². The van der Waals surface area contributed by atoms with Crippen LogP contribution in [0.15, 0.2) is 12.4 Å². The second-order valence-corrected chi connectivity index (χ2v) is 5.10. The van der Waals surface area contributed by atoms with Gasteiger partial charge in [0, 0.05) is 37.6 Å². The minimum Gasteiger partial charge on any atom is -0.473 e. The lowest BCUT2D eigenvalue weighted by molar-refractivity contribution is 0.0764. The largest absolute Gasteiger partial charge is 0.473 e. The summed E-state index contributed by atoms with van der Waals surface area (Å²) in [5.74, 6) is 1.11. The first kappa shape index (κ1) is 11.9. The molecule has 5 nitrogen and oxygen atoms in total. The fourth-order valence-corrected chi connectivity index (χ4v) is 2.54. The smallest absolute Gasteiger partial charge is 0.236 e. The molecule has 1 aromatic heterocycles. The monoisotopic (exact) mass is 249 g/mol. The third-order valence-electron chi connectivity index (χ3n) is 3.71. The Kier molecular flexibility index (Phi) is 3.43. The Morgan fingerprint density at radius 3 is 2.61 bits per heavy atom. The fraction of sp³-hybridized carbons (Fsp3) is 0.692. The zero-order valence-corrected chi connectivity index (χ0v) is 10.4. The Bertz CT molecular complexity index is 401. The van der Waals surface area contributed by atoms with Crippen molar-refractivity contribution in [3.8, 4) is 5.88 Å². The van der Waals surface area contributed by atoms with E-state index in [1.807, 2.05) is 0 Å². The van der Waals surface area contributed by atoms with E-state index in [4.69, 9.17) is 15.2 Å². The van der Waals surface area contributed by atoms with E-state index in [-0.39, 0.29) is 6.10 Å². The highest BCUT2D eigenvalue weighted by Crippen LogP contribution is 2.32. The highest BCUT2D eigenvalue weighted by Gasteiger charge is 2.30. The molecule has 98 valence electrons. The lowest BCUT2D eigenvalue weighted by Crippen LogP contribution is -2.43. The van der Waals surface area contributed by atoms with Gasteiger partial charge in [0.2, 0.25) is 5.88 Å². The number of nitrogens with two attached hydrogens (primary N) is 1. The summed E-state index contributed by atoms with van der Waals surface area (Å²) in [6, 6.07) is 0.290. The van der Waals surface area contributed by atoms with E-state index >= 15 is 0 Å². The van der Waals surface area contributed by atoms with Gasteiger partial charge in [-0.1, -0.05) is 0 Å². The zero-order chi connectivity index (χ0) is 12.4. The van der Waals surface area contributed by atoms with Gasteiger partial charge in [-0.05, 0) is 25.7 Å². The number of aromatic nitrogens is 2. The molecule has 0 atom stereocenters. The Morgan fingerprint density at radius 1 is 1.17 bits per heavy atom. The molecule has 1 saturated heterocycles. The molecule has 3 rings (SSSR count). The van der Waals surface area contributed by atoms with E-state index in [0.29, 0.717) is 17.8 Å². The van der Waals surface area contributed by atoms with Gasteiger partial charge in [0.25, 0.3) is 0 Å². The van der Waals surface area contributed by atoms with E-state index in [9.17, 15) is 0 Å². The van der Waals surface area contributed by atoms with Crippen LogP contribution in [-0.2, 0) is 4.74 Å². The molecule has 0 aromatic carbocycles. The van der Waals surface area contributed by atoms with Crippen LogP contribution in [0.5, 0.6) is 5.88 Å². The molecule has 5 heteroatoms. The Morgan fingerprint density at radius 2 is 1.89 bits per heavy atom. The minimum absolute atomic E-state index is 0.218. The van der Waals surface area contributed by atoms with Crippen molar-refractivity contribution in [2.75, 3.05) is 13.2 Å². The van der Waals surface area contributed by atoms with Crippen LogP contribution in [-0.4, -0.2) is 35.3 Å². The van der Waals surface area contributed by atoms with Crippen molar-refractivity contribution in [2.24, 2.45) is 5.73 Å². The maximum absolute atomic E-state index is 5.91. The average molecular weight is 249 g/mol. The molecule has 0 bridgehead atoms. The number of hydrogen-bond acceptors (Lipinski definition) is 5. The van der Waals surface area contributed by atoms with E-state index in [2.05, 4.69) is 9.97 Å². The molecule has 2 heterocycles. The summed E-state index contributed by atoms with van der Waals surface area (Å²) in [7, 11) is 0. The maximum atomic E-state index is 5.91. The lowest BCUT2D eigenvalue weighted by Gasteiger charge is -2.33. The van der Waals surface area contributed by atoms with Crippen molar-refractivity contribution in [1.29, 1.82) is 0 Å². The molecule has 0 unspecified atom stereocenters. The van der Waals surface area contributed by atoms with Crippen molar-refractivity contribution >= 4 is 0 Å². The highest BCUT2D eigenvalue weighted by atomic mass is 16.5. The van der Waals surface area contributed by atoms with Gasteiger partial charge in [0.15, 0.2) is 0 Å². The van der Waals surface area contributed by atoms with Gasteiger partial charge in [-0.25, -0.2) is 4.98 Å². The summed E-state index contributed by atoms with van der Waals surface area (Å²) >= 11 is 0. The predicted octanol–water partition coefficient (Wildman–Crippen LogP) is 1.24. The first-order chi connectivity index (χ1) is 8.83. The molecule has 0 radical (unpaired) electrons. The SMILES string of the molecule is N[C@H]1C[C@H](Oc2nccnc2C2CCOCC2)C1. The molecular weight excluding hydrogens is 230 g/mol. The van der Waals surface area contributed by atoms with Crippen LogP contribution in [0.25, 0.3) is 0 Å². The van der Waals surface area contributed by atoms with Crippen molar-refractivity contribution < 1.29 is 9.47 Å². The third-order valence-corrected chi connectivity index (χ3v) is 3.71. The number of hydrogen-bond donors (Lipinski definition) is 1. The number of ether oxygens (including phenoxy) is 2. The van der Waals surface area contributed by atoms with Gasteiger partial charge in [-0.15, -0.1) is 0 Å². The van der Waals surface area contributed by atoms with Crippen LogP contribution < -0.4 is 10.5 Å². The second-order valence-electron chi connectivity index (χ2n) is 5.10. The van der Waals surface area contributed by atoms with Crippen molar-refractivity contribution in [2.45, 2.75) is 43.7 Å². The van der Waals surface area contributed by atoms with E-state index < -0.39 is 0 Å². The normalized spacial score (nSPS) is 28.7. The Labute approximate surface area is 107 Å². The van der Waals surface area contributed by atoms with Crippen LogP contribution >= 0.6 is 0 Å². The van der Waals surface area contributed by atoms with Gasteiger partial charge in [0.05, 0.1) is 0 Å². The summed E-state index contributed by atoms with van der Waals surface area (Å²) in [5.41, 5.74) is 6.76. The summed E-state index contributed by atoms with van der Waals surface area (Å²) in [6.45, 7) is 1.60. The molecule has 2 aliphatic rings. The van der Waals surface area contributed by atoms with Gasteiger partial charge in [-0.3, -0.25) is 4.98 Å². The fourth-order valence-electron chi connectivity index (χ4n) is 2.54. The Hall–Kier alpha value is -1.20. The molecule has 1 saturated carbocycles. The van der Waals surface area contributed by atoms with Crippen LogP contribution in [0, 0.1) is 0 Å². The highest BCUT2D eigenvalue weighted by molar-refractivity contribution is 5.23. The molecule has 0 amide bonds. The Balaban J connectivity index is 1.72. The topological polar surface area (TPSA) is 70.3 Å². The molecule has 0 spiro atoms. The van der Waals surface area contributed by atoms with Gasteiger partial charge in [0.1, 0.15) is 11.8 Å². The summed E-state index contributed by atoms with van der Waals surface area (Å²) < 4.78 is 11.3. The van der Waals surface area contributed by atoms with Crippen LogP contribution in [0.3, 0.4) is 0 Å². The molecule has 2 N–H and O–H groups in total. The van der Waals surface area contributed by atoms with Crippen LogP contribution in [0.1, 0.15) is 37.3 Å². The molecule has 1 aliphatic carbocycles. The molecule has 1 aliphatic heterocycles. The summed E-state index contributed by atoms with van der Waals surface area (Å²) in [4.78, 5) is 8.79. The number of nitrogens with zero attached hydrogens (tertiary/aromatic N) is 2. The summed E-state index contributed by atoms with van der Waals surface area (Å²) in [6.07, 6.45) is 7.49. The second kappa shape index (κ2) is 5.20. The third kappa shape index (κ3) is 2.47. The maximum Gasteiger partial charge on any atom is 0.236 e. The van der Waals surface area contributed by atoms with E-state index in [0.717, 1.165) is 44.6 Å². The van der Waals surface area contributed by atoms with Gasteiger partial charge >= 0.3 is 0 Å². The predicted molar refractivity (Wildman–Crippen MR) is 66.5 cm³/mol. The molecular formula is C13H19N3O2.